The van der Waals surface area contributed by atoms with E-state index in [0.717, 1.165) is 18.8 Å². The Morgan fingerprint density at radius 2 is 2.16 bits per heavy atom. The molecule has 0 aliphatic heterocycles. The van der Waals surface area contributed by atoms with Gasteiger partial charge in [-0.3, -0.25) is 0 Å². The molecule has 0 aliphatic rings. The molecule has 100 valence electrons. The Bertz CT molecular complexity index is 569. The Hall–Kier alpha value is -1.33. The quantitative estimate of drug-likeness (QED) is 0.885. The van der Waals surface area contributed by atoms with Gasteiger partial charge in [-0.25, -0.2) is 4.79 Å². The summed E-state index contributed by atoms with van der Waals surface area (Å²) in [6.45, 7) is 3.51. The number of nitrogens with zero attached hydrogens (tertiary/aromatic N) is 1. The molecule has 0 bridgehead atoms. The highest BCUT2D eigenvalue weighted by molar-refractivity contribution is 9.10. The number of carboxylic acid groups (broad SMARTS) is 1. The lowest BCUT2D eigenvalue weighted by Gasteiger charge is -2.24. The molecule has 5 heteroatoms. The topological polar surface area (TPSA) is 40.5 Å². The molecule has 0 aliphatic carbocycles. The second kappa shape index (κ2) is 6.21. The Morgan fingerprint density at radius 3 is 2.74 bits per heavy atom. The summed E-state index contributed by atoms with van der Waals surface area (Å²) < 4.78 is 0.613. The summed E-state index contributed by atoms with van der Waals surface area (Å²) >= 11 is 5.00. The van der Waals surface area contributed by atoms with E-state index in [1.165, 1.54) is 4.88 Å². The number of thiophene rings is 1. The van der Waals surface area contributed by atoms with E-state index in [-0.39, 0.29) is 0 Å². The van der Waals surface area contributed by atoms with Gasteiger partial charge in [0.2, 0.25) is 0 Å². The molecule has 19 heavy (non-hydrogen) atoms. The van der Waals surface area contributed by atoms with Gasteiger partial charge in [-0.15, -0.1) is 11.3 Å². The van der Waals surface area contributed by atoms with Gasteiger partial charge in [0.05, 0.1) is 17.8 Å². The van der Waals surface area contributed by atoms with E-state index >= 15 is 0 Å². The Labute approximate surface area is 124 Å². The SMILES string of the molecule is CCN(Cc1cccs1)c1cccc(Br)c1C(=O)O. The lowest BCUT2D eigenvalue weighted by molar-refractivity contribution is 0.0696. The number of benzene rings is 1. The molecule has 2 aromatic rings. The van der Waals surface area contributed by atoms with E-state index in [1.807, 2.05) is 30.5 Å². The fourth-order valence-electron chi connectivity index (χ4n) is 1.95. The first-order valence-corrected chi connectivity index (χ1v) is 7.60. The van der Waals surface area contributed by atoms with Crippen molar-refractivity contribution >= 4 is 38.9 Å². The minimum atomic E-state index is -0.910. The van der Waals surface area contributed by atoms with Crippen LogP contribution in [0.5, 0.6) is 0 Å². The van der Waals surface area contributed by atoms with Crippen LogP contribution in [0.3, 0.4) is 0 Å². The molecule has 0 unspecified atom stereocenters. The van der Waals surface area contributed by atoms with Crippen LogP contribution in [0.4, 0.5) is 5.69 Å². The average molecular weight is 340 g/mol. The highest BCUT2D eigenvalue weighted by Gasteiger charge is 2.18. The van der Waals surface area contributed by atoms with Crippen LogP contribution in [0.1, 0.15) is 22.2 Å². The number of halogens is 1. The van der Waals surface area contributed by atoms with Gasteiger partial charge in [0.1, 0.15) is 0 Å². The standard InChI is InChI=1S/C14H14BrNO2S/c1-2-16(9-10-5-4-8-19-10)12-7-3-6-11(15)13(12)14(17)18/h3-8H,2,9H2,1H3,(H,17,18). The number of rotatable bonds is 5. The van der Waals surface area contributed by atoms with Gasteiger partial charge in [-0.05, 0) is 46.4 Å². The zero-order valence-electron chi connectivity index (χ0n) is 10.5. The lowest BCUT2D eigenvalue weighted by atomic mass is 10.1. The summed E-state index contributed by atoms with van der Waals surface area (Å²) in [5.74, 6) is -0.910. The highest BCUT2D eigenvalue weighted by atomic mass is 79.9. The average Bonchev–Trinajstić information content (AvgIpc) is 2.88. The molecule has 0 amide bonds. The first-order valence-electron chi connectivity index (χ1n) is 5.92. The van der Waals surface area contributed by atoms with Crippen molar-refractivity contribution in [1.82, 2.24) is 0 Å². The molecule has 0 saturated heterocycles. The Balaban J connectivity index is 2.38. The van der Waals surface area contributed by atoms with E-state index in [0.29, 0.717) is 10.0 Å². The fraction of sp³-hybridized carbons (Fsp3) is 0.214. The molecule has 0 saturated carbocycles. The van der Waals surface area contributed by atoms with Gasteiger partial charge in [0.15, 0.2) is 0 Å². The van der Waals surface area contributed by atoms with E-state index < -0.39 is 5.97 Å². The minimum Gasteiger partial charge on any atom is -0.478 e. The number of carbonyl (C=O) groups is 1. The molecule has 1 aromatic heterocycles. The largest absolute Gasteiger partial charge is 0.478 e. The van der Waals surface area contributed by atoms with E-state index in [9.17, 15) is 9.90 Å². The Morgan fingerprint density at radius 1 is 1.37 bits per heavy atom. The number of hydrogen-bond acceptors (Lipinski definition) is 3. The molecule has 1 N–H and O–H groups in total. The van der Waals surface area contributed by atoms with Crippen LogP contribution in [-0.2, 0) is 6.54 Å². The third-order valence-corrected chi connectivity index (χ3v) is 4.38. The van der Waals surface area contributed by atoms with Crippen LogP contribution < -0.4 is 4.90 Å². The molecule has 0 fully saturated rings. The first-order chi connectivity index (χ1) is 9.13. The number of hydrogen-bond donors (Lipinski definition) is 1. The summed E-state index contributed by atoms with van der Waals surface area (Å²) in [5, 5.41) is 11.4. The van der Waals surface area contributed by atoms with Crippen molar-refractivity contribution in [3.8, 4) is 0 Å². The normalized spacial score (nSPS) is 10.4. The molecule has 3 nitrogen and oxygen atoms in total. The number of aromatic carboxylic acids is 1. The van der Waals surface area contributed by atoms with Gasteiger partial charge in [0, 0.05) is 15.9 Å². The first kappa shape index (κ1) is 14.1. The fourth-order valence-corrected chi connectivity index (χ4v) is 3.19. The van der Waals surface area contributed by atoms with Crippen molar-refractivity contribution in [2.45, 2.75) is 13.5 Å². The van der Waals surface area contributed by atoms with E-state index in [1.54, 1.807) is 17.4 Å². The molecule has 0 radical (unpaired) electrons. The van der Waals surface area contributed by atoms with Gasteiger partial charge in [-0.2, -0.15) is 0 Å². The van der Waals surface area contributed by atoms with Crippen LogP contribution >= 0.6 is 27.3 Å². The molecular weight excluding hydrogens is 326 g/mol. The predicted molar refractivity (Wildman–Crippen MR) is 82.1 cm³/mol. The van der Waals surface area contributed by atoms with Crippen LogP contribution in [0.2, 0.25) is 0 Å². The molecule has 1 heterocycles. The van der Waals surface area contributed by atoms with Crippen molar-refractivity contribution in [2.24, 2.45) is 0 Å². The monoisotopic (exact) mass is 339 g/mol. The van der Waals surface area contributed by atoms with Crippen LogP contribution in [-0.4, -0.2) is 17.6 Å². The van der Waals surface area contributed by atoms with E-state index in [2.05, 4.69) is 26.9 Å². The molecule has 2 rings (SSSR count). The summed E-state index contributed by atoms with van der Waals surface area (Å²) in [5.41, 5.74) is 1.07. The van der Waals surface area contributed by atoms with Crippen LogP contribution in [0.25, 0.3) is 0 Å². The molecular formula is C14H14BrNO2S. The van der Waals surface area contributed by atoms with Crippen molar-refractivity contribution in [1.29, 1.82) is 0 Å². The second-order valence-electron chi connectivity index (χ2n) is 4.03. The van der Waals surface area contributed by atoms with Crippen molar-refractivity contribution in [3.05, 3.63) is 50.6 Å². The van der Waals surface area contributed by atoms with E-state index in [4.69, 9.17) is 0 Å². The zero-order valence-corrected chi connectivity index (χ0v) is 12.9. The maximum Gasteiger partial charge on any atom is 0.338 e. The van der Waals surface area contributed by atoms with Gasteiger partial charge >= 0.3 is 5.97 Å². The van der Waals surface area contributed by atoms with Crippen LogP contribution in [0, 0.1) is 0 Å². The van der Waals surface area contributed by atoms with Crippen molar-refractivity contribution < 1.29 is 9.90 Å². The maximum absolute atomic E-state index is 11.4. The summed E-state index contributed by atoms with van der Waals surface area (Å²) in [4.78, 5) is 14.7. The van der Waals surface area contributed by atoms with Gasteiger partial charge < -0.3 is 10.0 Å². The Kier molecular flexibility index (Phi) is 4.61. The molecule has 1 aromatic carbocycles. The molecule has 0 atom stereocenters. The number of anilines is 1. The zero-order chi connectivity index (χ0) is 13.8. The van der Waals surface area contributed by atoms with Gasteiger partial charge in [-0.1, -0.05) is 12.1 Å². The minimum absolute atomic E-state index is 0.320. The van der Waals surface area contributed by atoms with Gasteiger partial charge in [0.25, 0.3) is 0 Å². The maximum atomic E-state index is 11.4. The smallest absolute Gasteiger partial charge is 0.338 e. The molecule has 0 spiro atoms. The predicted octanol–water partition coefficient (Wildman–Crippen LogP) is 4.24. The number of carboxylic acids is 1. The summed E-state index contributed by atoms with van der Waals surface area (Å²) in [7, 11) is 0. The summed E-state index contributed by atoms with van der Waals surface area (Å²) in [6, 6.07) is 9.54. The lowest BCUT2D eigenvalue weighted by Crippen LogP contribution is -2.24. The van der Waals surface area contributed by atoms with Crippen LogP contribution in [0.15, 0.2) is 40.2 Å². The third-order valence-electron chi connectivity index (χ3n) is 2.85. The third kappa shape index (κ3) is 3.16. The second-order valence-corrected chi connectivity index (χ2v) is 5.92. The highest BCUT2D eigenvalue weighted by Crippen LogP contribution is 2.29. The summed E-state index contributed by atoms with van der Waals surface area (Å²) in [6.07, 6.45) is 0. The van der Waals surface area contributed by atoms with Crippen molar-refractivity contribution in [2.75, 3.05) is 11.4 Å². The van der Waals surface area contributed by atoms with Crippen molar-refractivity contribution in [3.63, 3.8) is 0 Å².